The van der Waals surface area contributed by atoms with Crippen LogP contribution in [0.25, 0.3) is 0 Å². The fourth-order valence-electron chi connectivity index (χ4n) is 5.29. The first-order valence-corrected chi connectivity index (χ1v) is 14.4. The summed E-state index contributed by atoms with van der Waals surface area (Å²) in [5, 5.41) is 13.1. The van der Waals surface area contributed by atoms with Crippen LogP contribution in [0.15, 0.2) is 24.3 Å². The Morgan fingerprint density at radius 3 is 2.44 bits per heavy atom. The van der Waals surface area contributed by atoms with E-state index in [4.69, 9.17) is 15.2 Å². The van der Waals surface area contributed by atoms with Gasteiger partial charge in [0.2, 0.25) is 23.8 Å². The van der Waals surface area contributed by atoms with Crippen LogP contribution in [-0.4, -0.2) is 73.0 Å². The first kappa shape index (κ1) is 29.0. The average Bonchev–Trinajstić information content (AvgIpc) is 3.55. The topological polar surface area (TPSA) is 148 Å². The molecule has 11 nitrogen and oxygen atoms in total. The predicted octanol–water partition coefficient (Wildman–Crippen LogP) is 3.08. The van der Waals surface area contributed by atoms with Crippen LogP contribution >= 0.6 is 0 Å². The van der Waals surface area contributed by atoms with E-state index in [0.29, 0.717) is 69.8 Å². The minimum atomic E-state index is -0.0460. The van der Waals surface area contributed by atoms with E-state index >= 15 is 0 Å². The number of amides is 1. The number of carbonyl (C=O) groups excluding carboxylic acids is 1. The molecule has 6 N–H and O–H groups in total. The summed E-state index contributed by atoms with van der Waals surface area (Å²) in [4.78, 5) is 26.2. The highest BCUT2D eigenvalue weighted by Gasteiger charge is 2.39. The number of carbonyl (C=O) groups is 1. The van der Waals surface area contributed by atoms with Gasteiger partial charge in [0, 0.05) is 31.4 Å². The van der Waals surface area contributed by atoms with Gasteiger partial charge in [-0.25, -0.2) is 0 Å². The van der Waals surface area contributed by atoms with Crippen molar-refractivity contribution in [2.75, 3.05) is 62.0 Å². The predicted molar refractivity (Wildman–Crippen MR) is 153 cm³/mol. The SMILES string of the molecule is CCCCNc1nc(Nc2ccc(CC(=O)NCCOCCOCCN)cc2)nc(NC2CC3CCC2C3)n1. The summed E-state index contributed by atoms with van der Waals surface area (Å²) in [7, 11) is 0. The minimum absolute atomic E-state index is 0.0460. The molecule has 3 atom stereocenters. The molecule has 1 aromatic carbocycles. The third-order valence-corrected chi connectivity index (χ3v) is 7.28. The summed E-state index contributed by atoms with van der Waals surface area (Å²) in [6, 6.07) is 8.18. The summed E-state index contributed by atoms with van der Waals surface area (Å²) >= 11 is 0. The Bertz CT molecular complexity index is 1020. The largest absolute Gasteiger partial charge is 0.378 e. The van der Waals surface area contributed by atoms with Crippen molar-refractivity contribution in [1.82, 2.24) is 20.3 Å². The monoisotopic (exact) mass is 540 g/mol. The quantitative estimate of drug-likeness (QED) is 0.179. The van der Waals surface area contributed by atoms with Crippen molar-refractivity contribution in [2.24, 2.45) is 17.6 Å². The molecule has 1 heterocycles. The van der Waals surface area contributed by atoms with E-state index in [0.717, 1.165) is 42.5 Å². The van der Waals surface area contributed by atoms with Crippen molar-refractivity contribution < 1.29 is 14.3 Å². The Balaban J connectivity index is 1.26. The zero-order valence-electron chi connectivity index (χ0n) is 23.1. The number of hydrogen-bond acceptors (Lipinski definition) is 10. The van der Waals surface area contributed by atoms with Crippen molar-refractivity contribution in [2.45, 2.75) is 57.9 Å². The van der Waals surface area contributed by atoms with Gasteiger partial charge in [0.05, 0.1) is 32.8 Å². The number of nitrogens with zero attached hydrogens (tertiary/aromatic N) is 3. The third-order valence-electron chi connectivity index (χ3n) is 7.28. The number of unbranched alkanes of at least 4 members (excludes halogenated alkanes) is 1. The standard InChI is InChI=1S/C28H44N8O3/c1-2-3-11-31-26-34-27(36-28(35-26)33-24-18-21-4-7-22(24)17-21)32-23-8-5-20(6-9-23)19-25(37)30-12-14-39-16-15-38-13-10-29/h5-6,8-9,21-22,24H,2-4,7,10-19,29H2,1H3,(H,30,37)(H3,31,32,33,34,35,36). The number of hydrogen-bond donors (Lipinski definition) is 5. The van der Waals surface area contributed by atoms with Crippen molar-refractivity contribution in [3.05, 3.63) is 29.8 Å². The Morgan fingerprint density at radius 2 is 1.72 bits per heavy atom. The van der Waals surface area contributed by atoms with Gasteiger partial charge in [-0.2, -0.15) is 15.0 Å². The van der Waals surface area contributed by atoms with Gasteiger partial charge in [-0.15, -0.1) is 0 Å². The highest BCUT2D eigenvalue weighted by molar-refractivity contribution is 5.78. The molecule has 1 amide bonds. The molecule has 2 bridgehead atoms. The molecule has 11 heteroatoms. The molecule has 0 spiro atoms. The number of anilines is 4. The fraction of sp³-hybridized carbons (Fsp3) is 0.643. The van der Waals surface area contributed by atoms with E-state index in [1.165, 1.54) is 25.7 Å². The number of nitrogens with one attached hydrogen (secondary N) is 4. The molecule has 39 heavy (non-hydrogen) atoms. The maximum Gasteiger partial charge on any atom is 0.233 e. The average molecular weight is 541 g/mol. The highest BCUT2D eigenvalue weighted by atomic mass is 16.5. The molecule has 2 aliphatic carbocycles. The van der Waals surface area contributed by atoms with E-state index < -0.39 is 0 Å². The lowest BCUT2D eigenvalue weighted by Crippen LogP contribution is -2.29. The van der Waals surface area contributed by atoms with E-state index in [9.17, 15) is 4.79 Å². The molecular weight excluding hydrogens is 496 g/mol. The van der Waals surface area contributed by atoms with Crippen LogP contribution in [-0.2, 0) is 20.7 Å². The number of nitrogens with two attached hydrogens (primary N) is 1. The summed E-state index contributed by atoms with van der Waals surface area (Å²) in [5.74, 6) is 3.20. The maximum atomic E-state index is 12.3. The molecule has 214 valence electrons. The molecule has 0 aliphatic heterocycles. The second-order valence-corrected chi connectivity index (χ2v) is 10.4. The molecule has 4 rings (SSSR count). The molecule has 2 aromatic rings. The highest BCUT2D eigenvalue weighted by Crippen LogP contribution is 2.45. The van der Waals surface area contributed by atoms with Crippen LogP contribution in [0.1, 0.15) is 51.0 Å². The molecule has 0 radical (unpaired) electrons. The lowest BCUT2D eigenvalue weighted by Gasteiger charge is -2.23. The molecule has 1 aromatic heterocycles. The normalized spacial score (nSPS) is 19.7. The van der Waals surface area contributed by atoms with Crippen LogP contribution in [0.4, 0.5) is 23.5 Å². The molecule has 0 saturated heterocycles. The van der Waals surface area contributed by atoms with E-state index in [1.807, 2.05) is 24.3 Å². The van der Waals surface area contributed by atoms with Crippen LogP contribution in [0.2, 0.25) is 0 Å². The lowest BCUT2D eigenvalue weighted by molar-refractivity contribution is -0.120. The van der Waals surface area contributed by atoms with Crippen molar-refractivity contribution in [3.8, 4) is 0 Å². The number of ether oxygens (including phenoxy) is 2. The molecule has 2 fully saturated rings. The smallest absolute Gasteiger partial charge is 0.233 e. The summed E-state index contributed by atoms with van der Waals surface area (Å²) < 4.78 is 10.7. The zero-order chi connectivity index (χ0) is 27.3. The fourth-order valence-corrected chi connectivity index (χ4v) is 5.29. The first-order valence-electron chi connectivity index (χ1n) is 14.4. The van der Waals surface area contributed by atoms with Gasteiger partial charge in [-0.3, -0.25) is 4.79 Å². The van der Waals surface area contributed by atoms with E-state index in [-0.39, 0.29) is 5.91 Å². The number of aromatic nitrogens is 3. The van der Waals surface area contributed by atoms with Gasteiger partial charge in [0.25, 0.3) is 0 Å². The maximum absolute atomic E-state index is 12.3. The Morgan fingerprint density at radius 1 is 0.949 bits per heavy atom. The minimum Gasteiger partial charge on any atom is -0.378 e. The van der Waals surface area contributed by atoms with Crippen LogP contribution in [0.5, 0.6) is 0 Å². The summed E-state index contributed by atoms with van der Waals surface area (Å²) in [5.41, 5.74) is 7.13. The second kappa shape index (κ2) is 15.5. The Kier molecular flexibility index (Phi) is 11.5. The first-order chi connectivity index (χ1) is 19.1. The Labute approximate surface area is 231 Å². The van der Waals surface area contributed by atoms with Crippen molar-refractivity contribution in [3.63, 3.8) is 0 Å². The Hall–Kier alpha value is -3.02. The van der Waals surface area contributed by atoms with Crippen LogP contribution in [0.3, 0.4) is 0 Å². The molecule has 2 saturated carbocycles. The van der Waals surface area contributed by atoms with Gasteiger partial charge >= 0.3 is 0 Å². The second-order valence-electron chi connectivity index (χ2n) is 10.4. The number of benzene rings is 1. The lowest BCUT2D eigenvalue weighted by atomic mass is 9.95. The number of fused-ring (bicyclic) bond motifs is 2. The molecule has 3 unspecified atom stereocenters. The van der Waals surface area contributed by atoms with Gasteiger partial charge in [-0.05, 0) is 55.2 Å². The molecule has 2 aliphatic rings. The van der Waals surface area contributed by atoms with Crippen molar-refractivity contribution in [1.29, 1.82) is 0 Å². The van der Waals surface area contributed by atoms with Gasteiger partial charge in [0.15, 0.2) is 0 Å². The van der Waals surface area contributed by atoms with Crippen molar-refractivity contribution >= 4 is 29.4 Å². The summed E-state index contributed by atoms with van der Waals surface area (Å²) in [6.07, 6.45) is 7.62. The third kappa shape index (κ3) is 9.59. The number of rotatable bonds is 18. The van der Waals surface area contributed by atoms with Gasteiger partial charge < -0.3 is 36.5 Å². The van der Waals surface area contributed by atoms with Crippen LogP contribution < -0.4 is 27.0 Å². The summed E-state index contributed by atoms with van der Waals surface area (Å²) in [6.45, 7) is 5.91. The van der Waals surface area contributed by atoms with Gasteiger partial charge in [0.1, 0.15) is 0 Å². The zero-order valence-corrected chi connectivity index (χ0v) is 23.1. The van der Waals surface area contributed by atoms with Crippen LogP contribution in [0, 0.1) is 11.8 Å². The van der Waals surface area contributed by atoms with E-state index in [1.54, 1.807) is 0 Å². The van der Waals surface area contributed by atoms with Gasteiger partial charge in [-0.1, -0.05) is 31.9 Å². The van der Waals surface area contributed by atoms with E-state index in [2.05, 4.69) is 43.1 Å². The molecular formula is C28H44N8O3.